The molecule has 0 aliphatic rings. The minimum atomic E-state index is 1.39. The summed E-state index contributed by atoms with van der Waals surface area (Å²) in [6.45, 7) is 4.38. The van der Waals surface area contributed by atoms with Crippen LogP contribution in [0, 0.1) is 13.8 Å². The third-order valence-electron chi connectivity index (χ3n) is 2.30. The van der Waals surface area contributed by atoms with Gasteiger partial charge in [0, 0.05) is 9.60 Å². The lowest BCUT2D eigenvalue weighted by atomic mass is 10.1. The molecular weight excluding hydrogens is 196 g/mol. The smallest absolute Gasteiger partial charge is 0.0483 e. The highest BCUT2D eigenvalue weighted by Gasteiger charge is 2.06. The molecule has 68 valence electrons. The first-order valence-corrected chi connectivity index (χ1v) is 6.36. The van der Waals surface area contributed by atoms with Gasteiger partial charge in [-0.05, 0) is 48.1 Å². The molecular formula is C11H12S2. The van der Waals surface area contributed by atoms with Crippen LogP contribution in [-0.4, -0.2) is 6.26 Å². The van der Waals surface area contributed by atoms with Gasteiger partial charge in [-0.15, -0.1) is 23.1 Å². The molecule has 2 aromatic rings. The topological polar surface area (TPSA) is 0 Å². The fraction of sp³-hybridized carbons (Fsp3) is 0.273. The Kier molecular flexibility index (Phi) is 2.35. The van der Waals surface area contributed by atoms with Crippen LogP contribution in [0.15, 0.2) is 22.4 Å². The van der Waals surface area contributed by atoms with Crippen molar-refractivity contribution in [3.05, 3.63) is 28.6 Å². The largest absolute Gasteiger partial charge is 0.142 e. The molecule has 1 aromatic carbocycles. The SMILES string of the molecule is CSc1ccc(C)c2c(C)csc12. The Labute approximate surface area is 87.0 Å². The van der Waals surface area contributed by atoms with Gasteiger partial charge in [0.1, 0.15) is 0 Å². The van der Waals surface area contributed by atoms with E-state index in [4.69, 9.17) is 0 Å². The van der Waals surface area contributed by atoms with E-state index < -0.39 is 0 Å². The maximum atomic E-state index is 2.25. The monoisotopic (exact) mass is 208 g/mol. The second-order valence-electron chi connectivity index (χ2n) is 3.21. The number of aryl methyl sites for hydroxylation is 2. The average Bonchev–Trinajstić information content (AvgIpc) is 2.50. The minimum absolute atomic E-state index is 1.39. The van der Waals surface area contributed by atoms with E-state index in [1.165, 1.54) is 26.1 Å². The summed E-state index contributed by atoms with van der Waals surface area (Å²) in [7, 11) is 0. The number of hydrogen-bond donors (Lipinski definition) is 0. The van der Waals surface area contributed by atoms with E-state index in [-0.39, 0.29) is 0 Å². The molecule has 0 spiro atoms. The number of thiophene rings is 1. The van der Waals surface area contributed by atoms with Crippen LogP contribution in [0.2, 0.25) is 0 Å². The first-order chi connectivity index (χ1) is 6.24. The minimum Gasteiger partial charge on any atom is -0.142 e. The Balaban J connectivity index is 2.87. The quantitative estimate of drug-likeness (QED) is 0.632. The second kappa shape index (κ2) is 3.35. The van der Waals surface area contributed by atoms with Crippen LogP contribution in [0.5, 0.6) is 0 Å². The fourth-order valence-electron chi connectivity index (χ4n) is 1.64. The predicted octanol–water partition coefficient (Wildman–Crippen LogP) is 4.24. The molecule has 0 aliphatic carbocycles. The molecule has 0 unspecified atom stereocenters. The lowest BCUT2D eigenvalue weighted by Crippen LogP contribution is -1.78. The normalized spacial score (nSPS) is 11.0. The maximum absolute atomic E-state index is 2.25. The maximum Gasteiger partial charge on any atom is 0.0483 e. The molecule has 1 aromatic heterocycles. The summed E-state index contributed by atoms with van der Waals surface area (Å²) in [5.41, 5.74) is 2.81. The Hall–Kier alpha value is -0.470. The molecule has 0 radical (unpaired) electrons. The van der Waals surface area contributed by atoms with Gasteiger partial charge in [-0.3, -0.25) is 0 Å². The number of rotatable bonds is 1. The Morgan fingerprint density at radius 1 is 1.15 bits per heavy atom. The van der Waals surface area contributed by atoms with Crippen LogP contribution in [0.1, 0.15) is 11.1 Å². The molecule has 2 rings (SSSR count). The van der Waals surface area contributed by atoms with Gasteiger partial charge in [0.2, 0.25) is 0 Å². The average molecular weight is 208 g/mol. The molecule has 0 saturated heterocycles. The summed E-state index contributed by atoms with van der Waals surface area (Å²) in [6, 6.07) is 4.44. The van der Waals surface area contributed by atoms with E-state index >= 15 is 0 Å². The number of fused-ring (bicyclic) bond motifs is 1. The molecule has 0 N–H and O–H groups in total. The van der Waals surface area contributed by atoms with Gasteiger partial charge in [-0.2, -0.15) is 0 Å². The van der Waals surface area contributed by atoms with Crippen molar-refractivity contribution in [2.24, 2.45) is 0 Å². The molecule has 0 amide bonds. The molecule has 0 nitrogen and oxygen atoms in total. The summed E-state index contributed by atoms with van der Waals surface area (Å²) in [5.74, 6) is 0. The molecule has 2 heteroatoms. The first kappa shape index (κ1) is 9.10. The molecule has 0 aliphatic heterocycles. The molecule has 0 bridgehead atoms. The third kappa shape index (κ3) is 1.38. The van der Waals surface area contributed by atoms with Crippen molar-refractivity contribution in [3.8, 4) is 0 Å². The summed E-state index contributed by atoms with van der Waals surface area (Å²) < 4.78 is 1.45. The Bertz CT molecular complexity index is 441. The summed E-state index contributed by atoms with van der Waals surface area (Å²) in [6.07, 6.45) is 2.14. The summed E-state index contributed by atoms with van der Waals surface area (Å²) in [5, 5.41) is 3.70. The van der Waals surface area contributed by atoms with E-state index in [1.807, 2.05) is 23.1 Å². The van der Waals surface area contributed by atoms with Crippen molar-refractivity contribution in [3.63, 3.8) is 0 Å². The molecule has 1 heterocycles. The van der Waals surface area contributed by atoms with E-state index in [9.17, 15) is 0 Å². The number of benzene rings is 1. The van der Waals surface area contributed by atoms with Crippen molar-refractivity contribution in [2.75, 3.05) is 6.26 Å². The van der Waals surface area contributed by atoms with Crippen molar-refractivity contribution >= 4 is 33.2 Å². The third-order valence-corrected chi connectivity index (χ3v) is 4.34. The highest BCUT2D eigenvalue weighted by molar-refractivity contribution is 7.99. The van der Waals surface area contributed by atoms with Gasteiger partial charge in [-0.25, -0.2) is 0 Å². The van der Waals surface area contributed by atoms with Gasteiger partial charge in [0.15, 0.2) is 0 Å². The number of hydrogen-bond acceptors (Lipinski definition) is 2. The van der Waals surface area contributed by atoms with Gasteiger partial charge in [0.25, 0.3) is 0 Å². The van der Waals surface area contributed by atoms with Crippen LogP contribution in [-0.2, 0) is 0 Å². The van der Waals surface area contributed by atoms with Crippen LogP contribution >= 0.6 is 23.1 Å². The molecule has 0 atom stereocenters. The Morgan fingerprint density at radius 2 is 1.92 bits per heavy atom. The van der Waals surface area contributed by atoms with E-state index in [0.717, 1.165) is 0 Å². The van der Waals surface area contributed by atoms with Crippen molar-refractivity contribution in [1.82, 2.24) is 0 Å². The van der Waals surface area contributed by atoms with Crippen molar-refractivity contribution in [1.29, 1.82) is 0 Å². The first-order valence-electron chi connectivity index (χ1n) is 4.25. The Morgan fingerprint density at radius 3 is 2.62 bits per heavy atom. The van der Waals surface area contributed by atoms with Crippen LogP contribution in [0.25, 0.3) is 10.1 Å². The van der Waals surface area contributed by atoms with E-state index in [1.54, 1.807) is 0 Å². The highest BCUT2D eigenvalue weighted by Crippen LogP contribution is 2.35. The summed E-state index contributed by atoms with van der Waals surface area (Å²) in [4.78, 5) is 1.40. The fourth-order valence-corrected chi connectivity index (χ4v) is 3.56. The van der Waals surface area contributed by atoms with Gasteiger partial charge in [-0.1, -0.05) is 6.07 Å². The number of thioether (sulfide) groups is 1. The van der Waals surface area contributed by atoms with E-state index in [0.29, 0.717) is 0 Å². The van der Waals surface area contributed by atoms with Crippen LogP contribution < -0.4 is 0 Å². The van der Waals surface area contributed by atoms with Gasteiger partial charge >= 0.3 is 0 Å². The van der Waals surface area contributed by atoms with Crippen molar-refractivity contribution < 1.29 is 0 Å². The zero-order valence-electron chi connectivity index (χ0n) is 8.05. The summed E-state index contributed by atoms with van der Waals surface area (Å²) >= 11 is 3.69. The zero-order valence-corrected chi connectivity index (χ0v) is 9.68. The lowest BCUT2D eigenvalue weighted by Gasteiger charge is -2.02. The van der Waals surface area contributed by atoms with Crippen molar-refractivity contribution in [2.45, 2.75) is 18.7 Å². The molecule has 0 saturated carbocycles. The van der Waals surface area contributed by atoms with Gasteiger partial charge in [0.05, 0.1) is 0 Å². The van der Waals surface area contributed by atoms with Gasteiger partial charge < -0.3 is 0 Å². The molecule has 13 heavy (non-hydrogen) atoms. The lowest BCUT2D eigenvalue weighted by molar-refractivity contribution is 1.45. The molecule has 0 fully saturated rings. The van der Waals surface area contributed by atoms with Crippen LogP contribution in [0.3, 0.4) is 0 Å². The second-order valence-corrected chi connectivity index (χ2v) is 4.94. The predicted molar refractivity (Wildman–Crippen MR) is 63.1 cm³/mol. The highest BCUT2D eigenvalue weighted by atomic mass is 32.2. The van der Waals surface area contributed by atoms with Crippen LogP contribution in [0.4, 0.5) is 0 Å². The van der Waals surface area contributed by atoms with E-state index in [2.05, 4.69) is 37.6 Å². The standard InChI is InChI=1S/C11H12S2/c1-7-4-5-9(12-3)11-10(7)8(2)6-13-11/h4-6H,1-3H3. The zero-order chi connectivity index (χ0) is 9.42.